The molecule has 2 aromatic heterocycles. The van der Waals surface area contributed by atoms with E-state index in [2.05, 4.69) is 20.4 Å². The van der Waals surface area contributed by atoms with Crippen LogP contribution in [0.2, 0.25) is 0 Å². The van der Waals surface area contributed by atoms with Crippen molar-refractivity contribution in [3.05, 3.63) is 34.3 Å². The maximum atomic E-state index is 11.0. The van der Waals surface area contributed by atoms with Crippen LogP contribution in [0.1, 0.15) is 18.9 Å². The Bertz CT molecular complexity index is 595. The van der Waals surface area contributed by atoms with Crippen molar-refractivity contribution in [1.29, 1.82) is 0 Å². The molecule has 0 spiro atoms. The molecule has 2 heterocycles. The third-order valence-corrected chi connectivity index (χ3v) is 2.41. The Labute approximate surface area is 109 Å². The zero-order valence-corrected chi connectivity index (χ0v) is 10.7. The fraction of sp³-hybridized carbons (Fsp3) is 0.364. The first-order chi connectivity index (χ1) is 9.11. The zero-order chi connectivity index (χ0) is 13.8. The Balaban J connectivity index is 2.44. The minimum Gasteiger partial charge on any atom is -0.354 e. The van der Waals surface area contributed by atoms with Crippen LogP contribution >= 0.6 is 0 Å². The first-order valence-electron chi connectivity index (χ1n) is 5.88. The van der Waals surface area contributed by atoms with E-state index in [4.69, 9.17) is 0 Å². The van der Waals surface area contributed by atoms with Gasteiger partial charge >= 0.3 is 5.69 Å². The quantitative estimate of drug-likeness (QED) is 0.650. The summed E-state index contributed by atoms with van der Waals surface area (Å²) in [5, 5.41) is 18.0. The first kappa shape index (κ1) is 12.9. The molecule has 2 rings (SSSR count). The second-order valence-corrected chi connectivity index (χ2v) is 4.05. The minimum absolute atomic E-state index is 0.159. The summed E-state index contributed by atoms with van der Waals surface area (Å²) in [7, 11) is 0. The summed E-state index contributed by atoms with van der Waals surface area (Å²) in [5.74, 6) is 0.516. The Morgan fingerprint density at radius 3 is 2.84 bits per heavy atom. The predicted octanol–water partition coefficient (Wildman–Crippen LogP) is 1.70. The Morgan fingerprint density at radius 2 is 2.26 bits per heavy atom. The monoisotopic (exact) mass is 262 g/mol. The third kappa shape index (κ3) is 2.84. The van der Waals surface area contributed by atoms with E-state index in [0.29, 0.717) is 12.5 Å². The number of nitro groups is 1. The normalized spacial score (nSPS) is 10.4. The van der Waals surface area contributed by atoms with Gasteiger partial charge in [-0.3, -0.25) is 10.1 Å². The van der Waals surface area contributed by atoms with Crippen LogP contribution < -0.4 is 5.32 Å². The minimum atomic E-state index is -0.518. The SMILES string of the molecule is CCCNc1ncc([N+](=O)[O-])c(-n2cc(C)cn2)n1. The van der Waals surface area contributed by atoms with Gasteiger partial charge in [0.15, 0.2) is 0 Å². The van der Waals surface area contributed by atoms with Gasteiger partial charge in [-0.2, -0.15) is 10.1 Å². The number of hydrogen-bond donors (Lipinski definition) is 1. The molecule has 100 valence electrons. The first-order valence-corrected chi connectivity index (χ1v) is 5.88. The Hall–Kier alpha value is -2.51. The summed E-state index contributed by atoms with van der Waals surface area (Å²) >= 11 is 0. The lowest BCUT2D eigenvalue weighted by Gasteiger charge is -2.05. The molecule has 0 radical (unpaired) electrons. The fourth-order valence-electron chi connectivity index (χ4n) is 1.51. The van der Waals surface area contributed by atoms with E-state index in [1.807, 2.05) is 13.8 Å². The highest BCUT2D eigenvalue weighted by molar-refractivity contribution is 5.48. The number of hydrogen-bond acceptors (Lipinski definition) is 6. The molecule has 0 unspecified atom stereocenters. The molecule has 8 heteroatoms. The molecule has 0 fully saturated rings. The van der Waals surface area contributed by atoms with E-state index in [1.165, 1.54) is 10.9 Å². The van der Waals surface area contributed by atoms with Crippen LogP contribution in [-0.4, -0.2) is 31.2 Å². The lowest BCUT2D eigenvalue weighted by atomic mass is 10.4. The number of anilines is 1. The molecule has 0 aromatic carbocycles. The van der Waals surface area contributed by atoms with Gasteiger partial charge in [-0.25, -0.2) is 9.67 Å². The average molecular weight is 262 g/mol. The van der Waals surface area contributed by atoms with E-state index in [-0.39, 0.29) is 11.5 Å². The van der Waals surface area contributed by atoms with Gasteiger partial charge in [-0.05, 0) is 18.9 Å². The molecule has 0 aliphatic rings. The van der Waals surface area contributed by atoms with Crippen molar-refractivity contribution in [2.24, 2.45) is 0 Å². The van der Waals surface area contributed by atoms with E-state index < -0.39 is 4.92 Å². The second kappa shape index (κ2) is 5.42. The molecule has 1 N–H and O–H groups in total. The number of nitrogens with zero attached hydrogens (tertiary/aromatic N) is 5. The van der Waals surface area contributed by atoms with Gasteiger partial charge in [0.25, 0.3) is 0 Å². The zero-order valence-electron chi connectivity index (χ0n) is 10.7. The third-order valence-electron chi connectivity index (χ3n) is 2.41. The van der Waals surface area contributed by atoms with Crippen molar-refractivity contribution in [3.8, 4) is 5.82 Å². The molecule has 0 saturated heterocycles. The van der Waals surface area contributed by atoms with Crippen molar-refractivity contribution in [1.82, 2.24) is 19.7 Å². The van der Waals surface area contributed by atoms with E-state index in [0.717, 1.165) is 12.0 Å². The fourth-order valence-corrected chi connectivity index (χ4v) is 1.51. The Kier molecular flexibility index (Phi) is 3.69. The smallest absolute Gasteiger partial charge is 0.332 e. The van der Waals surface area contributed by atoms with Gasteiger partial charge in [0, 0.05) is 12.7 Å². The summed E-state index contributed by atoms with van der Waals surface area (Å²) in [4.78, 5) is 18.6. The van der Waals surface area contributed by atoms with Gasteiger partial charge in [0.2, 0.25) is 11.8 Å². The molecule has 0 atom stereocenters. The maximum absolute atomic E-state index is 11.0. The lowest BCUT2D eigenvalue weighted by molar-refractivity contribution is -0.385. The maximum Gasteiger partial charge on any atom is 0.332 e. The van der Waals surface area contributed by atoms with E-state index in [9.17, 15) is 10.1 Å². The summed E-state index contributed by atoms with van der Waals surface area (Å²) in [6, 6.07) is 0. The summed E-state index contributed by atoms with van der Waals surface area (Å²) < 4.78 is 1.38. The molecule has 0 amide bonds. The molecule has 2 aromatic rings. The highest BCUT2D eigenvalue weighted by Gasteiger charge is 2.19. The van der Waals surface area contributed by atoms with Gasteiger partial charge in [-0.15, -0.1) is 0 Å². The largest absolute Gasteiger partial charge is 0.354 e. The summed E-state index contributed by atoms with van der Waals surface area (Å²) in [5.41, 5.74) is 0.723. The Morgan fingerprint density at radius 1 is 1.47 bits per heavy atom. The van der Waals surface area contributed by atoms with E-state index >= 15 is 0 Å². The standard InChI is InChI=1S/C11H14N6O2/c1-3-4-12-11-13-6-9(17(18)19)10(15-11)16-7-8(2)5-14-16/h5-7H,3-4H2,1-2H3,(H,12,13,15). The van der Waals surface area contributed by atoms with Crippen LogP contribution in [0.15, 0.2) is 18.6 Å². The van der Waals surface area contributed by atoms with Crippen LogP contribution in [0.4, 0.5) is 11.6 Å². The molecule has 0 bridgehead atoms. The van der Waals surface area contributed by atoms with Gasteiger partial charge in [-0.1, -0.05) is 6.92 Å². The van der Waals surface area contributed by atoms with Crippen molar-refractivity contribution in [3.63, 3.8) is 0 Å². The van der Waals surface area contributed by atoms with Crippen LogP contribution in [0.3, 0.4) is 0 Å². The van der Waals surface area contributed by atoms with E-state index in [1.54, 1.807) is 12.4 Å². The molecule has 0 aliphatic carbocycles. The van der Waals surface area contributed by atoms with Crippen molar-refractivity contribution >= 4 is 11.6 Å². The molecule has 8 nitrogen and oxygen atoms in total. The van der Waals surface area contributed by atoms with Crippen LogP contribution in [0.25, 0.3) is 5.82 Å². The summed E-state index contributed by atoms with van der Waals surface area (Å²) in [6.07, 6.45) is 5.40. The number of nitrogens with one attached hydrogen (secondary N) is 1. The molecule has 0 aliphatic heterocycles. The highest BCUT2D eigenvalue weighted by Crippen LogP contribution is 2.20. The van der Waals surface area contributed by atoms with Crippen LogP contribution in [0.5, 0.6) is 0 Å². The van der Waals surface area contributed by atoms with Crippen molar-refractivity contribution < 1.29 is 4.92 Å². The number of aromatic nitrogens is 4. The second-order valence-electron chi connectivity index (χ2n) is 4.05. The number of aryl methyl sites for hydroxylation is 1. The van der Waals surface area contributed by atoms with Gasteiger partial charge in [0.05, 0.1) is 11.1 Å². The average Bonchev–Trinajstić information content (AvgIpc) is 2.82. The molecule has 0 saturated carbocycles. The molecular weight excluding hydrogens is 248 g/mol. The van der Waals surface area contributed by atoms with Crippen LogP contribution in [0, 0.1) is 17.0 Å². The van der Waals surface area contributed by atoms with Crippen molar-refractivity contribution in [2.45, 2.75) is 20.3 Å². The van der Waals surface area contributed by atoms with Crippen molar-refractivity contribution in [2.75, 3.05) is 11.9 Å². The molecule has 19 heavy (non-hydrogen) atoms. The van der Waals surface area contributed by atoms with Crippen LogP contribution in [-0.2, 0) is 0 Å². The molecular formula is C11H14N6O2. The highest BCUT2D eigenvalue weighted by atomic mass is 16.6. The summed E-state index contributed by atoms with van der Waals surface area (Å²) in [6.45, 7) is 4.57. The lowest BCUT2D eigenvalue weighted by Crippen LogP contribution is -2.09. The number of rotatable bonds is 5. The van der Waals surface area contributed by atoms with Gasteiger partial charge in [0.1, 0.15) is 6.20 Å². The predicted molar refractivity (Wildman–Crippen MR) is 69.3 cm³/mol. The van der Waals surface area contributed by atoms with Gasteiger partial charge < -0.3 is 5.32 Å². The topological polar surface area (TPSA) is 98.8 Å².